The van der Waals surface area contributed by atoms with Crippen molar-refractivity contribution in [1.82, 2.24) is 9.88 Å². The minimum Gasteiger partial charge on any atom is -0.460 e. The van der Waals surface area contributed by atoms with Gasteiger partial charge in [-0.2, -0.15) is 13.2 Å². The molecule has 0 aliphatic carbocycles. The first-order chi connectivity index (χ1) is 8.78. The van der Waals surface area contributed by atoms with E-state index in [1.54, 1.807) is 0 Å². The zero-order valence-electron chi connectivity index (χ0n) is 10.1. The smallest absolute Gasteiger partial charge is 0.401 e. The van der Waals surface area contributed by atoms with Gasteiger partial charge in [0.15, 0.2) is 0 Å². The zero-order chi connectivity index (χ0) is 14.5. The topological polar surface area (TPSA) is 42.4 Å². The number of aromatic nitrogens is 1. The Balaban J connectivity index is 2.33. The molecule has 1 rings (SSSR count). The highest BCUT2D eigenvalue weighted by Crippen LogP contribution is 2.15. The number of ether oxygens (including phenoxy) is 1. The van der Waals surface area contributed by atoms with E-state index < -0.39 is 18.7 Å². The van der Waals surface area contributed by atoms with Gasteiger partial charge in [0.2, 0.25) is 0 Å². The fourth-order valence-electron chi connectivity index (χ4n) is 1.25. The van der Waals surface area contributed by atoms with E-state index in [9.17, 15) is 18.0 Å². The van der Waals surface area contributed by atoms with Crippen molar-refractivity contribution in [2.45, 2.75) is 6.18 Å². The number of pyridine rings is 1. The van der Waals surface area contributed by atoms with Gasteiger partial charge in [-0.1, -0.05) is 11.6 Å². The number of hydrogen-bond acceptors (Lipinski definition) is 4. The Morgan fingerprint density at radius 2 is 2.16 bits per heavy atom. The molecule has 4 nitrogen and oxygen atoms in total. The quantitative estimate of drug-likeness (QED) is 0.783. The number of likely N-dealkylation sites (N-methyl/N-ethyl adjacent to an activating group) is 1. The molecule has 0 aliphatic heterocycles. The third-order valence-electron chi connectivity index (χ3n) is 2.09. The SMILES string of the molecule is CN(CCOC(=O)c1ccc(Cl)cn1)CC(F)(F)F. The Morgan fingerprint density at radius 1 is 1.47 bits per heavy atom. The third kappa shape index (κ3) is 6.40. The molecule has 0 unspecified atom stereocenters. The third-order valence-corrected chi connectivity index (χ3v) is 2.32. The van der Waals surface area contributed by atoms with Gasteiger partial charge in [-0.05, 0) is 19.2 Å². The van der Waals surface area contributed by atoms with Crippen LogP contribution in [0.3, 0.4) is 0 Å². The summed E-state index contributed by atoms with van der Waals surface area (Å²) in [5.41, 5.74) is 0.0582. The molecule has 0 aliphatic rings. The van der Waals surface area contributed by atoms with E-state index in [-0.39, 0.29) is 18.8 Å². The lowest BCUT2D eigenvalue weighted by atomic mass is 10.3. The van der Waals surface area contributed by atoms with Gasteiger partial charge >= 0.3 is 12.1 Å². The number of hydrogen-bond donors (Lipinski definition) is 0. The highest BCUT2D eigenvalue weighted by molar-refractivity contribution is 6.30. The molecule has 0 amide bonds. The van der Waals surface area contributed by atoms with Crippen LogP contribution in [0.4, 0.5) is 13.2 Å². The summed E-state index contributed by atoms with van der Waals surface area (Å²) in [7, 11) is 1.29. The van der Waals surface area contributed by atoms with Crippen molar-refractivity contribution >= 4 is 17.6 Å². The molecule has 8 heteroatoms. The van der Waals surface area contributed by atoms with Crippen molar-refractivity contribution in [3.8, 4) is 0 Å². The summed E-state index contributed by atoms with van der Waals surface area (Å²) in [4.78, 5) is 16.2. The number of esters is 1. The highest BCUT2D eigenvalue weighted by atomic mass is 35.5. The summed E-state index contributed by atoms with van der Waals surface area (Å²) in [5.74, 6) is -0.697. The van der Waals surface area contributed by atoms with Gasteiger partial charge in [-0.15, -0.1) is 0 Å². The van der Waals surface area contributed by atoms with E-state index in [1.165, 1.54) is 25.4 Å². The molecule has 0 aromatic carbocycles. The molecule has 1 aromatic rings. The maximum absolute atomic E-state index is 12.0. The van der Waals surface area contributed by atoms with E-state index in [4.69, 9.17) is 16.3 Å². The molecule has 0 spiro atoms. The predicted molar refractivity (Wildman–Crippen MR) is 63.1 cm³/mol. The number of halogens is 4. The summed E-state index contributed by atoms with van der Waals surface area (Å²) in [6.45, 7) is -1.21. The van der Waals surface area contributed by atoms with Crippen molar-refractivity contribution in [1.29, 1.82) is 0 Å². The summed E-state index contributed by atoms with van der Waals surface area (Å²) >= 11 is 5.60. The molecular formula is C11H12ClF3N2O2. The Kier molecular flexibility index (Phi) is 5.56. The fraction of sp³-hybridized carbons (Fsp3) is 0.455. The number of alkyl halides is 3. The summed E-state index contributed by atoms with van der Waals surface area (Å²) in [6, 6.07) is 2.85. The molecule has 1 aromatic heterocycles. The Morgan fingerprint density at radius 3 is 2.68 bits per heavy atom. The minimum atomic E-state index is -4.27. The van der Waals surface area contributed by atoms with Crippen LogP contribution in [-0.2, 0) is 4.74 Å². The first-order valence-electron chi connectivity index (χ1n) is 5.32. The molecule has 106 valence electrons. The van der Waals surface area contributed by atoms with Crippen LogP contribution in [-0.4, -0.2) is 48.8 Å². The van der Waals surface area contributed by atoms with E-state index >= 15 is 0 Å². The van der Waals surface area contributed by atoms with E-state index in [1.807, 2.05) is 0 Å². The number of carbonyl (C=O) groups is 1. The van der Waals surface area contributed by atoms with Crippen molar-refractivity contribution in [3.05, 3.63) is 29.0 Å². The molecule has 0 saturated carbocycles. The van der Waals surface area contributed by atoms with Gasteiger partial charge in [-0.3, -0.25) is 4.90 Å². The number of nitrogens with zero attached hydrogens (tertiary/aromatic N) is 2. The molecule has 0 atom stereocenters. The lowest BCUT2D eigenvalue weighted by Gasteiger charge is -2.18. The maximum atomic E-state index is 12.0. The van der Waals surface area contributed by atoms with Crippen molar-refractivity contribution in [2.75, 3.05) is 26.7 Å². The Hall–Kier alpha value is -1.34. The van der Waals surface area contributed by atoms with Crippen LogP contribution in [0.2, 0.25) is 5.02 Å². The van der Waals surface area contributed by atoms with Crippen LogP contribution >= 0.6 is 11.6 Å². The maximum Gasteiger partial charge on any atom is 0.401 e. The first-order valence-corrected chi connectivity index (χ1v) is 5.70. The fourth-order valence-corrected chi connectivity index (χ4v) is 1.36. The van der Waals surface area contributed by atoms with Gasteiger partial charge in [0.05, 0.1) is 11.6 Å². The van der Waals surface area contributed by atoms with Crippen LogP contribution in [0.25, 0.3) is 0 Å². The Bertz CT molecular complexity index is 423. The second-order valence-electron chi connectivity index (χ2n) is 3.85. The number of rotatable bonds is 5. The standard InChI is InChI=1S/C11H12ClF3N2O2/c1-17(7-11(13,14)15)4-5-19-10(18)9-3-2-8(12)6-16-9/h2-3,6H,4-5,7H2,1H3. The molecule has 0 bridgehead atoms. The molecule has 0 radical (unpaired) electrons. The average Bonchev–Trinajstić information content (AvgIpc) is 2.27. The van der Waals surface area contributed by atoms with Crippen molar-refractivity contribution < 1.29 is 22.7 Å². The average molecular weight is 297 g/mol. The first kappa shape index (κ1) is 15.7. The van der Waals surface area contributed by atoms with Crippen LogP contribution in [0.15, 0.2) is 18.3 Å². The van der Waals surface area contributed by atoms with Gasteiger partial charge in [0.1, 0.15) is 12.3 Å². The summed E-state index contributed by atoms with van der Waals surface area (Å²) < 4.78 is 40.9. The summed E-state index contributed by atoms with van der Waals surface area (Å²) in [5, 5.41) is 0.376. The number of carbonyl (C=O) groups excluding carboxylic acids is 1. The van der Waals surface area contributed by atoms with Gasteiger partial charge in [-0.25, -0.2) is 9.78 Å². The lowest BCUT2D eigenvalue weighted by molar-refractivity contribution is -0.143. The van der Waals surface area contributed by atoms with Gasteiger partial charge < -0.3 is 4.74 Å². The van der Waals surface area contributed by atoms with Gasteiger partial charge in [0, 0.05) is 12.7 Å². The van der Waals surface area contributed by atoms with Crippen molar-refractivity contribution in [3.63, 3.8) is 0 Å². The summed E-state index contributed by atoms with van der Waals surface area (Å²) in [6.07, 6.45) is -2.98. The predicted octanol–water partition coefficient (Wildman–Crippen LogP) is 2.39. The second-order valence-corrected chi connectivity index (χ2v) is 4.29. The van der Waals surface area contributed by atoms with Crippen molar-refractivity contribution in [2.24, 2.45) is 0 Å². The Labute approximate surface area is 113 Å². The molecule has 0 fully saturated rings. The zero-order valence-corrected chi connectivity index (χ0v) is 10.8. The minimum absolute atomic E-state index is 0.0150. The molecule has 0 saturated heterocycles. The highest BCUT2D eigenvalue weighted by Gasteiger charge is 2.29. The lowest BCUT2D eigenvalue weighted by Crippen LogP contribution is -2.33. The van der Waals surface area contributed by atoms with E-state index in [0.29, 0.717) is 5.02 Å². The second kappa shape index (κ2) is 6.72. The van der Waals surface area contributed by atoms with E-state index in [2.05, 4.69) is 4.98 Å². The van der Waals surface area contributed by atoms with Crippen LogP contribution < -0.4 is 0 Å². The normalized spacial score (nSPS) is 11.7. The largest absolute Gasteiger partial charge is 0.460 e. The molecular weight excluding hydrogens is 285 g/mol. The van der Waals surface area contributed by atoms with Crippen LogP contribution in [0, 0.1) is 0 Å². The molecule has 19 heavy (non-hydrogen) atoms. The van der Waals surface area contributed by atoms with Crippen LogP contribution in [0.5, 0.6) is 0 Å². The van der Waals surface area contributed by atoms with Crippen LogP contribution in [0.1, 0.15) is 10.5 Å². The molecule has 0 N–H and O–H groups in total. The van der Waals surface area contributed by atoms with E-state index in [0.717, 1.165) is 4.90 Å². The monoisotopic (exact) mass is 296 g/mol. The van der Waals surface area contributed by atoms with Gasteiger partial charge in [0.25, 0.3) is 0 Å². The molecule has 1 heterocycles.